The summed E-state index contributed by atoms with van der Waals surface area (Å²) < 4.78 is 5.04. The zero-order chi connectivity index (χ0) is 10.6. The summed E-state index contributed by atoms with van der Waals surface area (Å²) in [4.78, 5) is 4.14. The van der Waals surface area contributed by atoms with Gasteiger partial charge < -0.3 is 9.63 Å². The lowest BCUT2D eigenvalue weighted by Gasteiger charge is -2.02. The molecule has 0 aliphatic heterocycles. The van der Waals surface area contributed by atoms with Crippen molar-refractivity contribution >= 4 is 0 Å². The third-order valence-electron chi connectivity index (χ3n) is 2.39. The van der Waals surface area contributed by atoms with E-state index in [0.717, 1.165) is 12.8 Å². The Balaban J connectivity index is 2.59. The van der Waals surface area contributed by atoms with Crippen LogP contribution in [0.2, 0.25) is 0 Å². The second-order valence-corrected chi connectivity index (χ2v) is 3.69. The van der Waals surface area contributed by atoms with E-state index in [-0.39, 0.29) is 0 Å². The number of aliphatic hydroxyl groups excluding tert-OH is 1. The normalized spacial score (nSPS) is 15.4. The molecule has 0 radical (unpaired) electrons. The molecule has 0 saturated heterocycles. The van der Waals surface area contributed by atoms with Gasteiger partial charge in [0.05, 0.1) is 0 Å². The molecule has 1 aromatic rings. The van der Waals surface area contributed by atoms with Crippen LogP contribution in [0.15, 0.2) is 4.52 Å². The summed E-state index contributed by atoms with van der Waals surface area (Å²) in [5.74, 6) is 1.58. The highest BCUT2D eigenvalue weighted by atomic mass is 16.5. The fraction of sp³-hybridized carbons (Fsp3) is 0.800. The highest BCUT2D eigenvalue weighted by Crippen LogP contribution is 2.14. The van der Waals surface area contributed by atoms with Gasteiger partial charge in [-0.15, -0.1) is 0 Å². The van der Waals surface area contributed by atoms with Crippen molar-refractivity contribution in [3.05, 3.63) is 11.7 Å². The van der Waals surface area contributed by atoms with Crippen LogP contribution in [0.3, 0.4) is 0 Å². The van der Waals surface area contributed by atoms with Crippen LogP contribution in [-0.4, -0.2) is 15.2 Å². The summed E-state index contributed by atoms with van der Waals surface area (Å²) in [7, 11) is 0. The molecule has 4 nitrogen and oxygen atoms in total. The fourth-order valence-electron chi connectivity index (χ4n) is 1.11. The number of nitrogens with zero attached hydrogens (tertiary/aromatic N) is 2. The zero-order valence-electron chi connectivity index (χ0n) is 9.03. The first-order valence-electron chi connectivity index (χ1n) is 5.17. The van der Waals surface area contributed by atoms with Gasteiger partial charge in [0, 0.05) is 6.42 Å². The van der Waals surface area contributed by atoms with E-state index in [1.165, 1.54) is 0 Å². The quantitative estimate of drug-likeness (QED) is 0.787. The Bertz CT molecular complexity index is 273. The van der Waals surface area contributed by atoms with Crippen molar-refractivity contribution < 1.29 is 9.63 Å². The third kappa shape index (κ3) is 2.80. The van der Waals surface area contributed by atoms with Crippen LogP contribution >= 0.6 is 0 Å². The number of rotatable bonds is 5. The summed E-state index contributed by atoms with van der Waals surface area (Å²) >= 11 is 0. The van der Waals surface area contributed by atoms with Crippen molar-refractivity contribution in [3.63, 3.8) is 0 Å². The first kappa shape index (κ1) is 11.2. The molecule has 1 aromatic heterocycles. The molecule has 80 valence electrons. The Kier molecular flexibility index (Phi) is 4.07. The van der Waals surface area contributed by atoms with Gasteiger partial charge in [-0.05, 0) is 12.3 Å². The van der Waals surface area contributed by atoms with Crippen molar-refractivity contribution in [3.8, 4) is 0 Å². The Hall–Kier alpha value is -0.900. The third-order valence-corrected chi connectivity index (χ3v) is 2.39. The Morgan fingerprint density at radius 3 is 2.64 bits per heavy atom. The number of hydrogen-bond acceptors (Lipinski definition) is 4. The monoisotopic (exact) mass is 198 g/mol. The molecule has 0 spiro atoms. The molecule has 0 aliphatic rings. The fourth-order valence-corrected chi connectivity index (χ4v) is 1.11. The van der Waals surface area contributed by atoms with Gasteiger partial charge in [-0.25, -0.2) is 0 Å². The molecular formula is C10H18N2O2. The van der Waals surface area contributed by atoms with E-state index < -0.39 is 6.10 Å². The summed E-state index contributed by atoms with van der Waals surface area (Å²) in [5, 5.41) is 13.2. The molecule has 14 heavy (non-hydrogen) atoms. The molecule has 4 heteroatoms. The lowest BCUT2D eigenvalue weighted by Crippen LogP contribution is -2.00. The maximum atomic E-state index is 9.45. The average molecular weight is 198 g/mol. The molecule has 0 aliphatic carbocycles. The van der Waals surface area contributed by atoms with Crippen LogP contribution in [0, 0.1) is 5.92 Å². The van der Waals surface area contributed by atoms with Gasteiger partial charge in [0.1, 0.15) is 6.10 Å². The topological polar surface area (TPSA) is 59.2 Å². The zero-order valence-corrected chi connectivity index (χ0v) is 9.03. The van der Waals surface area contributed by atoms with Gasteiger partial charge in [0.2, 0.25) is 5.89 Å². The SMILES string of the molecule is CCC(C)Cc1nc(C(O)CC)no1. The highest BCUT2D eigenvalue weighted by molar-refractivity contribution is 4.90. The largest absolute Gasteiger partial charge is 0.385 e. The summed E-state index contributed by atoms with van der Waals surface area (Å²) in [5.41, 5.74) is 0. The maximum absolute atomic E-state index is 9.45. The van der Waals surface area contributed by atoms with Gasteiger partial charge in [-0.1, -0.05) is 32.3 Å². The molecule has 0 saturated carbocycles. The first-order chi connectivity index (χ1) is 6.67. The van der Waals surface area contributed by atoms with Gasteiger partial charge in [0.25, 0.3) is 0 Å². The minimum absolute atomic E-state index is 0.408. The van der Waals surface area contributed by atoms with Gasteiger partial charge in [0.15, 0.2) is 5.82 Å². The molecule has 0 amide bonds. The lowest BCUT2D eigenvalue weighted by atomic mass is 10.1. The van der Waals surface area contributed by atoms with Gasteiger partial charge in [-0.2, -0.15) is 4.98 Å². The van der Waals surface area contributed by atoms with E-state index in [1.807, 2.05) is 6.92 Å². The van der Waals surface area contributed by atoms with E-state index in [4.69, 9.17) is 4.52 Å². The molecule has 2 atom stereocenters. The van der Waals surface area contributed by atoms with Gasteiger partial charge >= 0.3 is 0 Å². The summed E-state index contributed by atoms with van der Waals surface area (Å²) in [6, 6.07) is 0. The molecule has 2 unspecified atom stereocenters. The number of hydrogen-bond donors (Lipinski definition) is 1. The van der Waals surface area contributed by atoms with Crippen molar-refractivity contribution in [1.29, 1.82) is 0 Å². The van der Waals surface area contributed by atoms with Gasteiger partial charge in [-0.3, -0.25) is 0 Å². The Labute approximate surface area is 84.3 Å². The summed E-state index contributed by atoms with van der Waals surface area (Å²) in [6.45, 7) is 6.15. The predicted octanol–water partition coefficient (Wildman–Crippen LogP) is 2.10. The minimum Gasteiger partial charge on any atom is -0.385 e. The lowest BCUT2D eigenvalue weighted by molar-refractivity contribution is 0.159. The van der Waals surface area contributed by atoms with Crippen molar-refractivity contribution in [1.82, 2.24) is 10.1 Å². The molecular weight excluding hydrogens is 180 g/mol. The average Bonchev–Trinajstić information content (AvgIpc) is 2.65. The van der Waals surface area contributed by atoms with Crippen molar-refractivity contribution in [2.24, 2.45) is 5.92 Å². The Morgan fingerprint density at radius 2 is 2.07 bits per heavy atom. The van der Waals surface area contributed by atoms with E-state index in [0.29, 0.717) is 24.1 Å². The molecule has 1 rings (SSSR count). The van der Waals surface area contributed by atoms with Crippen LogP contribution < -0.4 is 0 Å². The second-order valence-electron chi connectivity index (χ2n) is 3.69. The highest BCUT2D eigenvalue weighted by Gasteiger charge is 2.14. The van der Waals surface area contributed by atoms with E-state index in [1.54, 1.807) is 0 Å². The van der Waals surface area contributed by atoms with Crippen LogP contribution in [0.5, 0.6) is 0 Å². The Morgan fingerprint density at radius 1 is 1.36 bits per heavy atom. The standard InChI is InChI=1S/C10H18N2O2/c1-4-7(3)6-9-11-10(12-14-9)8(13)5-2/h7-8,13H,4-6H2,1-3H3. The number of aliphatic hydroxyl groups is 1. The van der Waals surface area contributed by atoms with Crippen molar-refractivity contribution in [2.75, 3.05) is 0 Å². The van der Waals surface area contributed by atoms with E-state index in [2.05, 4.69) is 24.0 Å². The van der Waals surface area contributed by atoms with E-state index in [9.17, 15) is 5.11 Å². The smallest absolute Gasteiger partial charge is 0.227 e. The summed E-state index contributed by atoms with van der Waals surface area (Å²) in [6.07, 6.45) is 1.90. The van der Waals surface area contributed by atoms with E-state index >= 15 is 0 Å². The van der Waals surface area contributed by atoms with Crippen molar-refractivity contribution in [2.45, 2.75) is 46.1 Å². The molecule has 0 aromatic carbocycles. The molecule has 1 heterocycles. The van der Waals surface area contributed by atoms with Crippen LogP contribution in [0.1, 0.15) is 51.4 Å². The maximum Gasteiger partial charge on any atom is 0.227 e. The molecule has 0 bridgehead atoms. The number of aromatic nitrogens is 2. The predicted molar refractivity (Wildman–Crippen MR) is 52.7 cm³/mol. The first-order valence-corrected chi connectivity index (χ1v) is 5.17. The minimum atomic E-state index is -0.593. The van der Waals surface area contributed by atoms with Crippen LogP contribution in [-0.2, 0) is 6.42 Å². The molecule has 0 fully saturated rings. The molecule has 1 N–H and O–H groups in total. The second kappa shape index (κ2) is 5.10. The van der Waals surface area contributed by atoms with Crippen LogP contribution in [0.4, 0.5) is 0 Å². The van der Waals surface area contributed by atoms with Crippen LogP contribution in [0.25, 0.3) is 0 Å².